The number of nitrogens with one attached hydrogen (secondary N) is 1. The number of hydrogen-bond acceptors (Lipinski definition) is 5. The fourth-order valence-electron chi connectivity index (χ4n) is 2.16. The summed E-state index contributed by atoms with van der Waals surface area (Å²) in [6.07, 6.45) is 0.835. The van der Waals surface area contributed by atoms with Crippen molar-refractivity contribution in [1.29, 1.82) is 0 Å². The first kappa shape index (κ1) is 14.3. The Morgan fingerprint density at radius 2 is 2.00 bits per heavy atom. The number of aryl methyl sites for hydroxylation is 1. The van der Waals surface area contributed by atoms with Gasteiger partial charge in [0.1, 0.15) is 0 Å². The van der Waals surface area contributed by atoms with Gasteiger partial charge in [0.2, 0.25) is 5.95 Å². The van der Waals surface area contributed by atoms with Gasteiger partial charge in [0.25, 0.3) is 5.56 Å². The summed E-state index contributed by atoms with van der Waals surface area (Å²) in [4.78, 5) is 33.3. The molecular formula is C12H20N6O2. The van der Waals surface area contributed by atoms with Crippen molar-refractivity contribution in [3.8, 4) is 0 Å². The van der Waals surface area contributed by atoms with Crippen molar-refractivity contribution in [1.82, 2.24) is 19.1 Å². The molecule has 2 aromatic heterocycles. The Bertz CT molecular complexity index is 726. The molecule has 0 saturated carbocycles. The van der Waals surface area contributed by atoms with E-state index in [0.29, 0.717) is 23.7 Å². The van der Waals surface area contributed by atoms with Crippen LogP contribution in [0, 0.1) is 0 Å². The van der Waals surface area contributed by atoms with E-state index in [4.69, 9.17) is 5.73 Å². The lowest BCUT2D eigenvalue weighted by molar-refractivity contribution is 0.708. The Balaban J connectivity index is 2.59. The molecular weight excluding hydrogens is 260 g/mol. The maximum Gasteiger partial charge on any atom is 0.332 e. The van der Waals surface area contributed by atoms with Crippen LogP contribution in [0.3, 0.4) is 0 Å². The molecule has 2 rings (SSSR count). The van der Waals surface area contributed by atoms with Crippen LogP contribution in [0.4, 0.5) is 5.95 Å². The Morgan fingerprint density at radius 1 is 1.30 bits per heavy atom. The van der Waals surface area contributed by atoms with Crippen molar-refractivity contribution in [2.24, 2.45) is 19.8 Å². The maximum absolute atomic E-state index is 12.1. The number of hydrogen-bond donors (Lipinski definition) is 2. The lowest BCUT2D eigenvalue weighted by atomic mass is 10.4. The van der Waals surface area contributed by atoms with Crippen molar-refractivity contribution in [2.75, 3.05) is 24.5 Å². The van der Waals surface area contributed by atoms with Crippen LogP contribution < -0.4 is 21.9 Å². The van der Waals surface area contributed by atoms with Crippen LogP contribution in [-0.2, 0) is 14.1 Å². The summed E-state index contributed by atoms with van der Waals surface area (Å²) in [5, 5.41) is 0. The van der Waals surface area contributed by atoms with E-state index in [1.807, 2.05) is 11.8 Å². The van der Waals surface area contributed by atoms with Gasteiger partial charge in [-0.2, -0.15) is 4.98 Å². The molecule has 2 heterocycles. The van der Waals surface area contributed by atoms with Crippen molar-refractivity contribution in [3.05, 3.63) is 20.8 Å². The minimum Gasteiger partial charge on any atom is -0.343 e. The van der Waals surface area contributed by atoms with Crippen LogP contribution in [0.15, 0.2) is 9.59 Å². The standard InChI is InChI=1S/C12H20N6O2/c1-4-18(7-5-6-13)11-14-8-9(15-11)16(2)12(20)17(3)10(8)19/h4-7,13H2,1-3H3,(H,14,15). The van der Waals surface area contributed by atoms with Gasteiger partial charge in [-0.3, -0.25) is 13.9 Å². The van der Waals surface area contributed by atoms with E-state index in [0.717, 1.165) is 24.1 Å². The number of H-pyrrole nitrogens is 1. The van der Waals surface area contributed by atoms with Gasteiger partial charge in [-0.1, -0.05) is 0 Å². The molecule has 0 saturated heterocycles. The van der Waals surface area contributed by atoms with Gasteiger partial charge < -0.3 is 15.6 Å². The quantitative estimate of drug-likeness (QED) is 0.741. The summed E-state index contributed by atoms with van der Waals surface area (Å²) in [7, 11) is 3.06. The number of anilines is 1. The van der Waals surface area contributed by atoms with Crippen LogP contribution >= 0.6 is 0 Å². The molecule has 0 bridgehead atoms. The lowest BCUT2D eigenvalue weighted by Gasteiger charge is -2.18. The Kier molecular flexibility index (Phi) is 3.93. The first-order chi connectivity index (χ1) is 9.51. The van der Waals surface area contributed by atoms with Gasteiger partial charge >= 0.3 is 5.69 Å². The molecule has 0 unspecified atom stereocenters. The van der Waals surface area contributed by atoms with E-state index < -0.39 is 0 Å². The third kappa shape index (κ3) is 2.22. The van der Waals surface area contributed by atoms with Crippen LogP contribution in [0.2, 0.25) is 0 Å². The average molecular weight is 280 g/mol. The number of nitrogens with zero attached hydrogens (tertiary/aromatic N) is 4. The molecule has 8 nitrogen and oxygen atoms in total. The van der Waals surface area contributed by atoms with Gasteiger partial charge in [-0.05, 0) is 19.9 Å². The van der Waals surface area contributed by atoms with E-state index in [2.05, 4.69) is 9.97 Å². The molecule has 3 N–H and O–H groups in total. The van der Waals surface area contributed by atoms with E-state index in [1.165, 1.54) is 11.6 Å². The van der Waals surface area contributed by atoms with Gasteiger partial charge in [0, 0.05) is 27.2 Å². The van der Waals surface area contributed by atoms with Crippen molar-refractivity contribution < 1.29 is 0 Å². The predicted molar refractivity (Wildman–Crippen MR) is 78.1 cm³/mol. The minimum absolute atomic E-state index is 0.343. The highest BCUT2D eigenvalue weighted by atomic mass is 16.2. The summed E-state index contributed by atoms with van der Waals surface area (Å²) in [5.41, 5.74) is 5.49. The fraction of sp³-hybridized carbons (Fsp3) is 0.583. The summed E-state index contributed by atoms with van der Waals surface area (Å²) < 4.78 is 2.44. The maximum atomic E-state index is 12.1. The van der Waals surface area contributed by atoms with E-state index in [1.54, 1.807) is 7.05 Å². The number of aromatic nitrogens is 4. The molecule has 110 valence electrons. The SMILES string of the molecule is CCN(CCCN)c1nc2c([nH]1)c(=O)n(C)c(=O)n2C. The summed E-state index contributed by atoms with van der Waals surface area (Å²) in [6.45, 7) is 4.09. The molecule has 0 fully saturated rings. The Morgan fingerprint density at radius 3 is 2.60 bits per heavy atom. The van der Waals surface area contributed by atoms with Gasteiger partial charge in [-0.15, -0.1) is 0 Å². The second kappa shape index (κ2) is 5.49. The molecule has 20 heavy (non-hydrogen) atoms. The summed E-state index contributed by atoms with van der Waals surface area (Å²) in [5.74, 6) is 0.592. The highest BCUT2D eigenvalue weighted by Crippen LogP contribution is 2.13. The topological polar surface area (TPSA) is 102 Å². The molecule has 0 aliphatic heterocycles. The molecule has 0 aliphatic carbocycles. The Labute approximate surface area is 115 Å². The second-order valence-corrected chi connectivity index (χ2v) is 4.69. The number of aromatic amines is 1. The second-order valence-electron chi connectivity index (χ2n) is 4.69. The number of rotatable bonds is 5. The van der Waals surface area contributed by atoms with Gasteiger partial charge in [0.05, 0.1) is 0 Å². The monoisotopic (exact) mass is 280 g/mol. The lowest BCUT2D eigenvalue weighted by Crippen LogP contribution is -2.36. The molecule has 0 aliphatic rings. The average Bonchev–Trinajstić information content (AvgIpc) is 2.89. The van der Waals surface area contributed by atoms with Crippen LogP contribution in [-0.4, -0.2) is 38.7 Å². The zero-order valence-corrected chi connectivity index (χ0v) is 12.0. The molecule has 0 amide bonds. The minimum atomic E-state index is -0.384. The number of imidazole rings is 1. The highest BCUT2D eigenvalue weighted by molar-refractivity contribution is 5.72. The zero-order valence-electron chi connectivity index (χ0n) is 12.0. The van der Waals surface area contributed by atoms with Crippen LogP contribution in [0.25, 0.3) is 11.2 Å². The smallest absolute Gasteiger partial charge is 0.332 e. The Hall–Kier alpha value is -2.09. The number of nitrogens with two attached hydrogens (primary N) is 1. The first-order valence-corrected chi connectivity index (χ1v) is 6.62. The molecule has 8 heteroatoms. The number of fused-ring (bicyclic) bond motifs is 1. The first-order valence-electron chi connectivity index (χ1n) is 6.62. The molecule has 0 spiro atoms. The molecule has 0 aromatic carbocycles. The summed E-state index contributed by atoms with van der Waals surface area (Å²) >= 11 is 0. The molecule has 0 atom stereocenters. The van der Waals surface area contributed by atoms with E-state index in [9.17, 15) is 9.59 Å². The van der Waals surface area contributed by atoms with Gasteiger partial charge in [0.15, 0.2) is 11.2 Å². The van der Waals surface area contributed by atoms with E-state index >= 15 is 0 Å². The van der Waals surface area contributed by atoms with Crippen molar-refractivity contribution in [2.45, 2.75) is 13.3 Å². The largest absolute Gasteiger partial charge is 0.343 e. The third-order valence-corrected chi connectivity index (χ3v) is 3.40. The highest BCUT2D eigenvalue weighted by Gasteiger charge is 2.16. The van der Waals surface area contributed by atoms with E-state index in [-0.39, 0.29) is 11.2 Å². The molecule has 2 aromatic rings. The molecule has 0 radical (unpaired) electrons. The summed E-state index contributed by atoms with van der Waals surface area (Å²) in [6, 6.07) is 0. The fourth-order valence-corrected chi connectivity index (χ4v) is 2.16. The van der Waals surface area contributed by atoms with Gasteiger partial charge in [-0.25, -0.2) is 4.79 Å². The van der Waals surface area contributed by atoms with Crippen LogP contribution in [0.1, 0.15) is 13.3 Å². The zero-order chi connectivity index (χ0) is 14.9. The normalized spacial score (nSPS) is 11.2. The predicted octanol–water partition coefficient (Wildman–Crippen LogP) is -0.865. The van der Waals surface area contributed by atoms with Crippen molar-refractivity contribution in [3.63, 3.8) is 0 Å². The van der Waals surface area contributed by atoms with Crippen LogP contribution in [0.5, 0.6) is 0 Å². The third-order valence-electron chi connectivity index (χ3n) is 3.40. The van der Waals surface area contributed by atoms with Crippen molar-refractivity contribution >= 4 is 17.1 Å².